The molecule has 26 heavy (non-hydrogen) atoms. The number of carbonyl (C=O) groups is 1. The summed E-state index contributed by atoms with van der Waals surface area (Å²) in [5.74, 6) is 0.836. The van der Waals surface area contributed by atoms with Gasteiger partial charge in [0.15, 0.2) is 0 Å². The Morgan fingerprint density at radius 3 is 2.62 bits per heavy atom. The Labute approximate surface area is 160 Å². The average Bonchev–Trinajstić information content (AvgIpc) is 2.62. The Kier molecular flexibility index (Phi) is 7.75. The molecule has 0 saturated heterocycles. The molecule has 0 fully saturated rings. The van der Waals surface area contributed by atoms with Gasteiger partial charge in [-0.3, -0.25) is 0 Å². The smallest absolute Gasteiger partial charge is 0.314 e. The number of benzene rings is 2. The number of amides is 2. The third-order valence-electron chi connectivity index (χ3n) is 4.19. The summed E-state index contributed by atoms with van der Waals surface area (Å²) in [4.78, 5) is 14.2. The van der Waals surface area contributed by atoms with Crippen molar-refractivity contribution in [1.82, 2.24) is 15.5 Å². The normalized spacial score (nSPS) is 11.9. The minimum Gasteiger partial charge on any atom is -0.496 e. The fourth-order valence-electron chi connectivity index (χ4n) is 2.78. The number of ether oxygens (including phenoxy) is 1. The SMILES string of the molecule is COc1ccccc1CCNC(=O)NCC(c1cccc(Cl)c1)N(C)C. The molecule has 0 aliphatic heterocycles. The first-order chi connectivity index (χ1) is 12.5. The molecule has 0 aliphatic rings. The second-order valence-electron chi connectivity index (χ2n) is 6.23. The third-order valence-corrected chi connectivity index (χ3v) is 4.42. The molecule has 140 valence electrons. The zero-order valence-corrected chi connectivity index (χ0v) is 16.2. The van der Waals surface area contributed by atoms with Gasteiger partial charge in [0.1, 0.15) is 5.75 Å². The van der Waals surface area contributed by atoms with Crippen LogP contribution in [0.4, 0.5) is 4.79 Å². The van der Waals surface area contributed by atoms with Crippen molar-refractivity contribution in [3.8, 4) is 5.75 Å². The molecule has 0 aliphatic carbocycles. The van der Waals surface area contributed by atoms with Gasteiger partial charge in [-0.15, -0.1) is 0 Å². The topological polar surface area (TPSA) is 53.6 Å². The highest BCUT2D eigenvalue weighted by Crippen LogP contribution is 2.21. The fraction of sp³-hybridized carbons (Fsp3) is 0.350. The van der Waals surface area contributed by atoms with Gasteiger partial charge in [0.25, 0.3) is 0 Å². The lowest BCUT2D eigenvalue weighted by Gasteiger charge is -2.25. The molecule has 2 rings (SSSR count). The van der Waals surface area contributed by atoms with Crippen LogP contribution < -0.4 is 15.4 Å². The van der Waals surface area contributed by atoms with Gasteiger partial charge in [-0.1, -0.05) is 41.9 Å². The molecular weight excluding hydrogens is 350 g/mol. The first-order valence-corrected chi connectivity index (χ1v) is 8.94. The first-order valence-electron chi connectivity index (χ1n) is 8.56. The van der Waals surface area contributed by atoms with Crippen molar-refractivity contribution in [2.24, 2.45) is 0 Å². The second-order valence-corrected chi connectivity index (χ2v) is 6.67. The van der Waals surface area contributed by atoms with Gasteiger partial charge in [0.05, 0.1) is 13.2 Å². The van der Waals surface area contributed by atoms with E-state index in [4.69, 9.17) is 16.3 Å². The van der Waals surface area contributed by atoms with Gasteiger partial charge >= 0.3 is 6.03 Å². The minimum atomic E-state index is -0.186. The summed E-state index contributed by atoms with van der Waals surface area (Å²) in [7, 11) is 5.61. The van der Waals surface area contributed by atoms with E-state index in [1.165, 1.54) is 0 Å². The van der Waals surface area contributed by atoms with Crippen molar-refractivity contribution in [3.05, 3.63) is 64.7 Å². The predicted octanol–water partition coefficient (Wildman–Crippen LogP) is 3.49. The van der Waals surface area contributed by atoms with E-state index in [0.717, 1.165) is 16.9 Å². The number of halogens is 1. The molecule has 5 nitrogen and oxygen atoms in total. The third kappa shape index (κ3) is 5.93. The van der Waals surface area contributed by atoms with Crippen LogP contribution in [0, 0.1) is 0 Å². The Bertz CT molecular complexity index is 722. The van der Waals surface area contributed by atoms with Crippen LogP contribution in [0.5, 0.6) is 5.75 Å². The molecule has 2 amide bonds. The van der Waals surface area contributed by atoms with Crippen molar-refractivity contribution < 1.29 is 9.53 Å². The van der Waals surface area contributed by atoms with Crippen LogP contribution in [0.2, 0.25) is 5.02 Å². The molecule has 0 aromatic heterocycles. The highest BCUT2D eigenvalue weighted by Gasteiger charge is 2.15. The maximum Gasteiger partial charge on any atom is 0.314 e. The number of urea groups is 1. The van der Waals surface area contributed by atoms with Crippen molar-refractivity contribution in [2.45, 2.75) is 12.5 Å². The second kappa shape index (κ2) is 10.0. The highest BCUT2D eigenvalue weighted by atomic mass is 35.5. The summed E-state index contributed by atoms with van der Waals surface area (Å²) in [6, 6.07) is 15.4. The molecule has 1 unspecified atom stereocenters. The van der Waals surface area contributed by atoms with E-state index in [1.54, 1.807) is 7.11 Å². The zero-order valence-electron chi connectivity index (χ0n) is 15.5. The molecule has 2 N–H and O–H groups in total. The molecule has 1 atom stereocenters. The number of nitrogens with zero attached hydrogens (tertiary/aromatic N) is 1. The number of hydrogen-bond acceptors (Lipinski definition) is 3. The fourth-order valence-corrected chi connectivity index (χ4v) is 2.98. The van der Waals surface area contributed by atoms with Crippen LogP contribution in [-0.2, 0) is 6.42 Å². The van der Waals surface area contributed by atoms with E-state index in [1.807, 2.05) is 62.6 Å². The maximum absolute atomic E-state index is 12.1. The Hall–Kier alpha value is -2.24. The predicted molar refractivity (Wildman–Crippen MR) is 106 cm³/mol. The largest absolute Gasteiger partial charge is 0.496 e. The molecule has 2 aromatic carbocycles. The molecule has 0 saturated carbocycles. The number of hydrogen-bond donors (Lipinski definition) is 2. The van der Waals surface area contributed by atoms with Gasteiger partial charge in [-0.25, -0.2) is 4.79 Å². The standard InChI is InChI=1S/C20H26ClN3O2/c1-24(2)18(16-8-6-9-17(21)13-16)14-23-20(25)22-12-11-15-7-4-5-10-19(15)26-3/h4-10,13,18H,11-12,14H2,1-3H3,(H2,22,23,25). The highest BCUT2D eigenvalue weighted by molar-refractivity contribution is 6.30. The molecule has 2 aromatic rings. The lowest BCUT2D eigenvalue weighted by molar-refractivity contribution is 0.233. The Morgan fingerprint density at radius 2 is 1.92 bits per heavy atom. The van der Waals surface area contributed by atoms with E-state index >= 15 is 0 Å². The Morgan fingerprint density at radius 1 is 1.15 bits per heavy atom. The van der Waals surface area contributed by atoms with Crippen molar-refractivity contribution >= 4 is 17.6 Å². The van der Waals surface area contributed by atoms with E-state index in [9.17, 15) is 4.79 Å². The van der Waals surface area contributed by atoms with Gasteiger partial charge in [-0.05, 0) is 49.8 Å². The van der Waals surface area contributed by atoms with Gasteiger partial charge in [-0.2, -0.15) is 0 Å². The van der Waals surface area contributed by atoms with Crippen molar-refractivity contribution in [1.29, 1.82) is 0 Å². The molecule has 0 radical (unpaired) electrons. The number of methoxy groups -OCH3 is 1. The summed E-state index contributed by atoms with van der Waals surface area (Å²) < 4.78 is 5.32. The summed E-state index contributed by atoms with van der Waals surface area (Å²) in [5, 5.41) is 6.51. The van der Waals surface area contributed by atoms with E-state index < -0.39 is 0 Å². The van der Waals surface area contributed by atoms with Gasteiger partial charge in [0, 0.05) is 18.1 Å². The quantitative estimate of drug-likeness (QED) is 0.742. The zero-order chi connectivity index (χ0) is 18.9. The van der Waals surface area contributed by atoms with Crippen LogP contribution >= 0.6 is 11.6 Å². The van der Waals surface area contributed by atoms with Crippen LogP contribution in [0.3, 0.4) is 0 Å². The molecular formula is C20H26ClN3O2. The van der Waals surface area contributed by atoms with Crippen LogP contribution in [0.1, 0.15) is 17.2 Å². The summed E-state index contributed by atoms with van der Waals surface area (Å²) in [5.41, 5.74) is 2.14. The van der Waals surface area contributed by atoms with Crippen LogP contribution in [-0.4, -0.2) is 45.2 Å². The number of para-hydroxylation sites is 1. The maximum atomic E-state index is 12.1. The molecule has 0 bridgehead atoms. The van der Waals surface area contributed by atoms with Gasteiger partial charge < -0.3 is 20.3 Å². The van der Waals surface area contributed by atoms with Crippen LogP contribution in [0.25, 0.3) is 0 Å². The minimum absolute atomic E-state index is 0.0497. The van der Waals surface area contributed by atoms with E-state index in [0.29, 0.717) is 24.5 Å². The lowest BCUT2D eigenvalue weighted by Crippen LogP contribution is -2.41. The van der Waals surface area contributed by atoms with Crippen LogP contribution in [0.15, 0.2) is 48.5 Å². The molecule has 0 spiro atoms. The summed E-state index contributed by atoms with van der Waals surface area (Å²) in [6.07, 6.45) is 0.711. The van der Waals surface area contributed by atoms with Crippen molar-refractivity contribution in [2.75, 3.05) is 34.3 Å². The Balaban J connectivity index is 1.83. The first kappa shape index (κ1) is 20.1. The van der Waals surface area contributed by atoms with E-state index in [-0.39, 0.29) is 12.1 Å². The molecule has 0 heterocycles. The average molecular weight is 376 g/mol. The summed E-state index contributed by atoms with van der Waals surface area (Å²) >= 11 is 6.08. The number of likely N-dealkylation sites (N-methyl/N-ethyl adjacent to an activating group) is 1. The monoisotopic (exact) mass is 375 g/mol. The molecule has 6 heteroatoms. The van der Waals surface area contributed by atoms with Gasteiger partial charge in [0.2, 0.25) is 0 Å². The summed E-state index contributed by atoms with van der Waals surface area (Å²) in [6.45, 7) is 1.03. The number of rotatable bonds is 8. The lowest BCUT2D eigenvalue weighted by atomic mass is 10.1. The number of carbonyl (C=O) groups excluding carboxylic acids is 1. The van der Waals surface area contributed by atoms with Crippen molar-refractivity contribution in [3.63, 3.8) is 0 Å². The van der Waals surface area contributed by atoms with E-state index in [2.05, 4.69) is 15.5 Å². The number of nitrogens with one attached hydrogen (secondary N) is 2.